The van der Waals surface area contributed by atoms with Gasteiger partial charge in [-0.2, -0.15) is 0 Å². The van der Waals surface area contributed by atoms with Gasteiger partial charge in [0.1, 0.15) is 5.75 Å². The molecule has 1 atom stereocenters. The standard InChI is InChI=1S/C23H22N2O2/c1-16(18-8-9-20-15-21(27-2)11-10-19(20)14-18)23(26)25-22(12-13-24-25)17-6-4-3-5-7-17/h3-12,14-16,24H,13H2,1-2H3. The van der Waals surface area contributed by atoms with E-state index in [1.807, 2.05) is 73.7 Å². The number of nitrogens with one attached hydrogen (secondary N) is 1. The summed E-state index contributed by atoms with van der Waals surface area (Å²) >= 11 is 0. The fourth-order valence-electron chi connectivity index (χ4n) is 3.44. The van der Waals surface area contributed by atoms with Crippen LogP contribution in [-0.2, 0) is 4.79 Å². The van der Waals surface area contributed by atoms with E-state index in [4.69, 9.17) is 4.74 Å². The summed E-state index contributed by atoms with van der Waals surface area (Å²) in [5.74, 6) is 0.614. The molecule has 27 heavy (non-hydrogen) atoms. The number of rotatable bonds is 4. The molecule has 0 saturated carbocycles. The van der Waals surface area contributed by atoms with Crippen molar-refractivity contribution in [1.29, 1.82) is 0 Å². The largest absolute Gasteiger partial charge is 0.497 e. The summed E-state index contributed by atoms with van der Waals surface area (Å²) in [5, 5.41) is 3.88. The van der Waals surface area contributed by atoms with E-state index in [2.05, 4.69) is 11.5 Å². The Morgan fingerprint density at radius 1 is 1.04 bits per heavy atom. The first-order valence-electron chi connectivity index (χ1n) is 9.08. The van der Waals surface area contributed by atoms with Gasteiger partial charge in [0, 0.05) is 6.54 Å². The maximum atomic E-state index is 13.2. The van der Waals surface area contributed by atoms with Crippen molar-refractivity contribution in [3.63, 3.8) is 0 Å². The Bertz CT molecular complexity index is 1010. The lowest BCUT2D eigenvalue weighted by Crippen LogP contribution is -2.39. The molecule has 0 fully saturated rings. The van der Waals surface area contributed by atoms with Crippen LogP contribution in [0.15, 0.2) is 72.8 Å². The highest BCUT2D eigenvalue weighted by atomic mass is 16.5. The number of fused-ring (bicyclic) bond motifs is 1. The Morgan fingerprint density at radius 2 is 1.78 bits per heavy atom. The minimum atomic E-state index is -0.255. The van der Waals surface area contributed by atoms with Crippen LogP contribution in [0.3, 0.4) is 0 Å². The molecule has 1 amide bonds. The third kappa shape index (κ3) is 3.32. The number of nitrogens with zero attached hydrogens (tertiary/aromatic N) is 1. The van der Waals surface area contributed by atoms with Gasteiger partial charge in [-0.05, 0) is 47.0 Å². The fourth-order valence-corrected chi connectivity index (χ4v) is 3.44. The number of methoxy groups -OCH3 is 1. The van der Waals surface area contributed by atoms with Crippen LogP contribution in [0.4, 0.5) is 0 Å². The number of hydrogen-bond acceptors (Lipinski definition) is 3. The molecule has 0 bridgehead atoms. The van der Waals surface area contributed by atoms with Crippen molar-refractivity contribution in [2.75, 3.05) is 13.7 Å². The quantitative estimate of drug-likeness (QED) is 0.754. The highest BCUT2D eigenvalue weighted by molar-refractivity contribution is 5.93. The third-order valence-electron chi connectivity index (χ3n) is 5.02. The zero-order chi connectivity index (χ0) is 18.8. The van der Waals surface area contributed by atoms with Crippen molar-refractivity contribution in [2.45, 2.75) is 12.8 Å². The van der Waals surface area contributed by atoms with Gasteiger partial charge in [-0.25, -0.2) is 10.4 Å². The molecule has 1 heterocycles. The van der Waals surface area contributed by atoms with Crippen LogP contribution in [0.5, 0.6) is 5.75 Å². The van der Waals surface area contributed by atoms with E-state index >= 15 is 0 Å². The summed E-state index contributed by atoms with van der Waals surface area (Å²) in [6.07, 6.45) is 2.05. The second-order valence-corrected chi connectivity index (χ2v) is 6.69. The Labute approximate surface area is 159 Å². The molecule has 1 unspecified atom stereocenters. The fraction of sp³-hybridized carbons (Fsp3) is 0.174. The first kappa shape index (κ1) is 17.3. The molecule has 4 heteroatoms. The molecule has 4 rings (SSSR count). The Kier molecular flexibility index (Phi) is 4.65. The molecule has 0 radical (unpaired) electrons. The van der Waals surface area contributed by atoms with Gasteiger partial charge in [-0.15, -0.1) is 0 Å². The summed E-state index contributed by atoms with van der Waals surface area (Å²) < 4.78 is 5.28. The summed E-state index contributed by atoms with van der Waals surface area (Å²) in [7, 11) is 1.66. The number of amides is 1. The van der Waals surface area contributed by atoms with Crippen LogP contribution in [0.25, 0.3) is 16.5 Å². The first-order chi connectivity index (χ1) is 13.2. The number of carbonyl (C=O) groups excluding carboxylic acids is 1. The topological polar surface area (TPSA) is 41.6 Å². The predicted octanol–water partition coefficient (Wildman–Crippen LogP) is 4.34. The molecule has 4 nitrogen and oxygen atoms in total. The lowest BCUT2D eigenvalue weighted by atomic mass is 9.96. The van der Waals surface area contributed by atoms with Crippen LogP contribution < -0.4 is 10.2 Å². The minimum absolute atomic E-state index is 0.0375. The summed E-state index contributed by atoms with van der Waals surface area (Å²) in [6.45, 7) is 2.61. The normalized spacial score (nSPS) is 14.9. The predicted molar refractivity (Wildman–Crippen MR) is 108 cm³/mol. The van der Waals surface area contributed by atoms with Crippen LogP contribution in [0.2, 0.25) is 0 Å². The molecule has 0 spiro atoms. The van der Waals surface area contributed by atoms with Gasteiger partial charge in [-0.3, -0.25) is 4.79 Å². The SMILES string of the molecule is COc1ccc2cc(C(C)C(=O)N3NCC=C3c3ccccc3)ccc2c1. The van der Waals surface area contributed by atoms with Crippen LogP contribution >= 0.6 is 0 Å². The van der Waals surface area contributed by atoms with E-state index in [9.17, 15) is 4.79 Å². The molecule has 3 aromatic carbocycles. The van der Waals surface area contributed by atoms with Crippen LogP contribution in [0.1, 0.15) is 24.0 Å². The second kappa shape index (κ2) is 7.25. The second-order valence-electron chi connectivity index (χ2n) is 6.69. The van der Waals surface area contributed by atoms with Crippen LogP contribution in [-0.4, -0.2) is 24.6 Å². The van der Waals surface area contributed by atoms with E-state index in [1.54, 1.807) is 12.1 Å². The number of hydrazine groups is 1. The molecular formula is C23H22N2O2. The number of ether oxygens (including phenoxy) is 1. The molecule has 1 aliphatic rings. The first-order valence-corrected chi connectivity index (χ1v) is 9.08. The zero-order valence-corrected chi connectivity index (χ0v) is 15.5. The Morgan fingerprint density at radius 3 is 2.56 bits per heavy atom. The summed E-state index contributed by atoms with van der Waals surface area (Å²) in [6, 6.07) is 22.1. The van der Waals surface area contributed by atoms with Gasteiger partial charge >= 0.3 is 0 Å². The van der Waals surface area contributed by atoms with E-state index < -0.39 is 0 Å². The lowest BCUT2D eigenvalue weighted by molar-refractivity contribution is -0.131. The van der Waals surface area contributed by atoms with Crippen molar-refractivity contribution in [3.05, 3.63) is 83.9 Å². The summed E-state index contributed by atoms with van der Waals surface area (Å²) in [4.78, 5) is 13.2. The van der Waals surface area contributed by atoms with Gasteiger partial charge < -0.3 is 4.74 Å². The van der Waals surface area contributed by atoms with E-state index in [1.165, 1.54) is 0 Å². The van der Waals surface area contributed by atoms with E-state index in [0.29, 0.717) is 6.54 Å². The van der Waals surface area contributed by atoms with Gasteiger partial charge in [0.15, 0.2) is 0 Å². The van der Waals surface area contributed by atoms with Crippen molar-refractivity contribution < 1.29 is 9.53 Å². The smallest absolute Gasteiger partial charge is 0.248 e. The Balaban J connectivity index is 1.60. The molecule has 3 aromatic rings. The van der Waals surface area contributed by atoms with Gasteiger partial charge in [0.05, 0.1) is 18.7 Å². The maximum absolute atomic E-state index is 13.2. The molecule has 0 aromatic heterocycles. The number of hydrogen-bond donors (Lipinski definition) is 1. The average molecular weight is 358 g/mol. The van der Waals surface area contributed by atoms with Gasteiger partial charge in [-0.1, -0.05) is 54.6 Å². The summed E-state index contributed by atoms with van der Waals surface area (Å²) in [5.41, 5.74) is 6.13. The van der Waals surface area contributed by atoms with Crippen molar-refractivity contribution in [1.82, 2.24) is 10.4 Å². The number of carbonyl (C=O) groups is 1. The minimum Gasteiger partial charge on any atom is -0.497 e. The third-order valence-corrected chi connectivity index (χ3v) is 5.02. The Hall–Kier alpha value is -3.11. The highest BCUT2D eigenvalue weighted by Crippen LogP contribution is 2.29. The maximum Gasteiger partial charge on any atom is 0.248 e. The highest BCUT2D eigenvalue weighted by Gasteiger charge is 2.28. The monoisotopic (exact) mass is 358 g/mol. The molecule has 136 valence electrons. The van der Waals surface area contributed by atoms with Crippen molar-refractivity contribution >= 4 is 22.4 Å². The van der Waals surface area contributed by atoms with Crippen LogP contribution in [0, 0.1) is 0 Å². The molecule has 0 saturated heterocycles. The molecule has 1 aliphatic heterocycles. The van der Waals surface area contributed by atoms with E-state index in [0.717, 1.165) is 33.3 Å². The molecule has 0 aliphatic carbocycles. The van der Waals surface area contributed by atoms with Gasteiger partial charge in [0.25, 0.3) is 0 Å². The lowest BCUT2D eigenvalue weighted by Gasteiger charge is -2.24. The van der Waals surface area contributed by atoms with E-state index in [-0.39, 0.29) is 11.8 Å². The molecular weight excluding hydrogens is 336 g/mol. The van der Waals surface area contributed by atoms with Gasteiger partial charge in [0.2, 0.25) is 5.91 Å². The number of benzene rings is 3. The average Bonchev–Trinajstić information content (AvgIpc) is 3.22. The molecule has 1 N–H and O–H groups in total. The zero-order valence-electron chi connectivity index (χ0n) is 15.5. The van der Waals surface area contributed by atoms with Crippen molar-refractivity contribution in [3.8, 4) is 5.75 Å². The van der Waals surface area contributed by atoms with Crippen molar-refractivity contribution in [2.24, 2.45) is 0 Å².